The Morgan fingerprint density at radius 2 is 1.80 bits per heavy atom. The molecule has 0 saturated carbocycles. The second-order valence-corrected chi connectivity index (χ2v) is 7.13. The van der Waals surface area contributed by atoms with Gasteiger partial charge in [-0.3, -0.25) is 4.98 Å². The summed E-state index contributed by atoms with van der Waals surface area (Å²) in [5.41, 5.74) is 2.00. The summed E-state index contributed by atoms with van der Waals surface area (Å²) in [5.74, 6) is 6.11. The van der Waals surface area contributed by atoms with E-state index in [0.717, 1.165) is 6.42 Å². The summed E-state index contributed by atoms with van der Waals surface area (Å²) in [5, 5.41) is 0. The van der Waals surface area contributed by atoms with Gasteiger partial charge in [0.25, 0.3) is 0 Å². The lowest BCUT2D eigenvalue weighted by atomic mass is 10.0. The minimum Gasteiger partial charge on any atom is -0.406 e. The maximum atomic E-state index is 12.2. The Morgan fingerprint density at radius 3 is 2.40 bits per heavy atom. The van der Waals surface area contributed by atoms with Crippen molar-refractivity contribution in [3.05, 3.63) is 48.2 Å². The van der Waals surface area contributed by atoms with Gasteiger partial charge in [-0.1, -0.05) is 32.1 Å². The van der Waals surface area contributed by atoms with Gasteiger partial charge in [0.15, 0.2) is 0 Å². The van der Waals surface area contributed by atoms with Crippen molar-refractivity contribution in [2.45, 2.75) is 45.3 Å². The summed E-state index contributed by atoms with van der Waals surface area (Å²) < 4.78 is 51.9. The molecule has 2 heterocycles. The van der Waals surface area contributed by atoms with Crippen LogP contribution in [0.25, 0.3) is 11.3 Å². The zero-order valence-electron chi connectivity index (χ0n) is 16.7. The molecule has 0 radical (unpaired) electrons. The number of nitrogens with zero attached hydrogens (tertiary/aromatic N) is 1. The van der Waals surface area contributed by atoms with Crippen LogP contribution in [-0.2, 0) is 9.47 Å². The highest BCUT2D eigenvalue weighted by atomic mass is 19.4. The van der Waals surface area contributed by atoms with E-state index in [-0.39, 0.29) is 5.75 Å². The average Bonchev–Trinajstić information content (AvgIpc) is 2.73. The van der Waals surface area contributed by atoms with E-state index in [9.17, 15) is 13.2 Å². The van der Waals surface area contributed by atoms with Crippen molar-refractivity contribution in [2.75, 3.05) is 13.2 Å². The number of halogens is 3. The molecule has 7 heteroatoms. The van der Waals surface area contributed by atoms with Crippen LogP contribution >= 0.6 is 0 Å². The van der Waals surface area contributed by atoms with E-state index in [4.69, 9.17) is 9.47 Å². The van der Waals surface area contributed by atoms with Crippen LogP contribution in [0.15, 0.2) is 42.6 Å². The van der Waals surface area contributed by atoms with Gasteiger partial charge >= 0.3 is 6.36 Å². The third kappa shape index (κ3) is 7.05. The molecule has 0 aliphatic carbocycles. The summed E-state index contributed by atoms with van der Waals surface area (Å²) in [6.07, 6.45) is 1.11. The second-order valence-electron chi connectivity index (χ2n) is 7.13. The standard InChI is InChI=1S/C23H24F3NO3/c1-2-3-4-5-18-15-28-22(29-16-18)13-7-17-6-12-21(27-14-17)19-8-10-20(11-9-19)30-23(24,25)26/h6,8-12,14,18,22H,2-5,15-16H2,1H3/t18-,22-. The van der Waals surface area contributed by atoms with E-state index < -0.39 is 12.7 Å². The minimum atomic E-state index is -4.71. The largest absolute Gasteiger partial charge is 0.573 e. The smallest absolute Gasteiger partial charge is 0.406 e. The van der Waals surface area contributed by atoms with Crippen LogP contribution in [0.3, 0.4) is 0 Å². The Labute approximate surface area is 174 Å². The van der Waals surface area contributed by atoms with Gasteiger partial charge in [0.1, 0.15) is 5.75 Å². The van der Waals surface area contributed by atoms with Gasteiger partial charge in [0, 0.05) is 23.2 Å². The van der Waals surface area contributed by atoms with Crippen LogP contribution < -0.4 is 4.74 Å². The molecule has 2 aromatic rings. The van der Waals surface area contributed by atoms with Crippen molar-refractivity contribution in [3.63, 3.8) is 0 Å². The van der Waals surface area contributed by atoms with Crippen LogP contribution in [0.2, 0.25) is 0 Å². The van der Waals surface area contributed by atoms with Gasteiger partial charge in [0.05, 0.1) is 18.9 Å². The summed E-state index contributed by atoms with van der Waals surface area (Å²) in [6, 6.07) is 9.11. The molecular weight excluding hydrogens is 395 g/mol. The summed E-state index contributed by atoms with van der Waals surface area (Å²) in [6.45, 7) is 3.51. The number of rotatable bonds is 6. The molecule has 0 atom stereocenters. The highest BCUT2D eigenvalue weighted by Gasteiger charge is 2.31. The summed E-state index contributed by atoms with van der Waals surface area (Å²) >= 11 is 0. The molecular formula is C23H24F3NO3. The van der Waals surface area contributed by atoms with Crippen molar-refractivity contribution in [1.29, 1.82) is 0 Å². The molecule has 1 aromatic heterocycles. The quantitative estimate of drug-likeness (QED) is 0.454. The molecule has 1 fully saturated rings. The molecule has 30 heavy (non-hydrogen) atoms. The fraction of sp³-hybridized carbons (Fsp3) is 0.435. The molecule has 0 amide bonds. The van der Waals surface area contributed by atoms with Crippen LogP contribution in [-0.4, -0.2) is 30.9 Å². The molecule has 1 aromatic carbocycles. The Kier molecular flexibility index (Phi) is 7.72. The highest BCUT2D eigenvalue weighted by molar-refractivity contribution is 5.60. The third-order valence-electron chi connectivity index (χ3n) is 4.66. The molecule has 160 valence electrons. The third-order valence-corrected chi connectivity index (χ3v) is 4.66. The van der Waals surface area contributed by atoms with Crippen LogP contribution in [0.5, 0.6) is 5.75 Å². The van der Waals surface area contributed by atoms with Crippen molar-refractivity contribution < 1.29 is 27.4 Å². The first-order valence-corrected chi connectivity index (χ1v) is 10.00. The first-order valence-electron chi connectivity index (χ1n) is 10.00. The fourth-order valence-corrected chi connectivity index (χ4v) is 3.08. The zero-order valence-corrected chi connectivity index (χ0v) is 16.7. The van der Waals surface area contributed by atoms with E-state index in [1.54, 1.807) is 18.3 Å². The molecule has 0 unspecified atom stereocenters. The Balaban J connectivity index is 1.52. The van der Waals surface area contributed by atoms with E-state index in [1.807, 2.05) is 0 Å². The van der Waals surface area contributed by atoms with Crippen molar-refractivity contribution in [3.8, 4) is 28.8 Å². The lowest BCUT2D eigenvalue weighted by Gasteiger charge is -2.26. The van der Waals surface area contributed by atoms with Crippen molar-refractivity contribution in [2.24, 2.45) is 5.92 Å². The first-order chi connectivity index (χ1) is 14.4. The van der Waals surface area contributed by atoms with Gasteiger partial charge in [-0.2, -0.15) is 0 Å². The highest BCUT2D eigenvalue weighted by Crippen LogP contribution is 2.25. The summed E-state index contributed by atoms with van der Waals surface area (Å²) in [7, 11) is 0. The number of aromatic nitrogens is 1. The minimum absolute atomic E-state index is 0.270. The van der Waals surface area contributed by atoms with E-state index in [1.165, 1.54) is 43.5 Å². The lowest BCUT2D eigenvalue weighted by Crippen LogP contribution is -2.31. The van der Waals surface area contributed by atoms with Gasteiger partial charge in [-0.25, -0.2) is 0 Å². The first kappa shape index (κ1) is 22.1. The average molecular weight is 419 g/mol. The Bertz CT molecular complexity index is 846. The predicted molar refractivity (Wildman–Crippen MR) is 107 cm³/mol. The maximum Gasteiger partial charge on any atom is 0.573 e. The maximum absolute atomic E-state index is 12.2. The SMILES string of the molecule is CCCCC[C@H]1CO[C@H](C#Cc2ccc(-c3ccc(OC(F)(F)F)cc3)nc2)OC1. The monoisotopic (exact) mass is 419 g/mol. The number of unbranched alkanes of at least 4 members (excludes halogenated alkanes) is 2. The predicted octanol–water partition coefficient (Wildman–Crippen LogP) is 5.57. The molecule has 3 rings (SSSR count). The number of ether oxygens (including phenoxy) is 3. The molecule has 1 saturated heterocycles. The molecule has 0 N–H and O–H groups in total. The number of hydrogen-bond acceptors (Lipinski definition) is 4. The van der Waals surface area contributed by atoms with Crippen LogP contribution in [0, 0.1) is 17.8 Å². The van der Waals surface area contributed by atoms with Crippen LogP contribution in [0.4, 0.5) is 13.2 Å². The normalized spacial score (nSPS) is 19.1. The van der Waals surface area contributed by atoms with E-state index >= 15 is 0 Å². The second kappa shape index (κ2) is 10.5. The molecule has 0 spiro atoms. The zero-order chi connectivity index (χ0) is 21.4. The van der Waals surface area contributed by atoms with Gasteiger partial charge in [0.2, 0.25) is 6.29 Å². The molecule has 4 nitrogen and oxygen atoms in total. The Hall–Kier alpha value is -2.56. The van der Waals surface area contributed by atoms with Gasteiger partial charge in [-0.15, -0.1) is 13.2 Å². The molecule has 1 aliphatic heterocycles. The number of alkyl halides is 3. The van der Waals surface area contributed by atoms with Crippen molar-refractivity contribution in [1.82, 2.24) is 4.98 Å². The molecule has 0 bridgehead atoms. The number of hydrogen-bond donors (Lipinski definition) is 0. The summed E-state index contributed by atoms with van der Waals surface area (Å²) in [4.78, 5) is 4.32. The van der Waals surface area contributed by atoms with Gasteiger partial charge < -0.3 is 14.2 Å². The number of pyridine rings is 1. The lowest BCUT2D eigenvalue weighted by molar-refractivity contribution is -0.274. The number of benzene rings is 1. The van der Waals surface area contributed by atoms with E-state index in [2.05, 4.69) is 28.5 Å². The Morgan fingerprint density at radius 1 is 1.07 bits per heavy atom. The van der Waals surface area contributed by atoms with Gasteiger partial charge in [-0.05, 0) is 48.7 Å². The molecule has 1 aliphatic rings. The van der Waals surface area contributed by atoms with Crippen molar-refractivity contribution >= 4 is 0 Å². The van der Waals surface area contributed by atoms with E-state index in [0.29, 0.717) is 36.0 Å². The fourth-order valence-electron chi connectivity index (χ4n) is 3.08. The van der Waals surface area contributed by atoms with Crippen LogP contribution in [0.1, 0.15) is 38.2 Å². The topological polar surface area (TPSA) is 40.6 Å².